The first-order valence-electron chi connectivity index (χ1n) is 6.30. The minimum atomic E-state index is 0.399. The topological polar surface area (TPSA) is 42.7 Å². The fraction of sp³-hybridized carbons (Fsp3) is 0.833. The van der Waals surface area contributed by atoms with Gasteiger partial charge in [-0.25, -0.2) is 9.67 Å². The summed E-state index contributed by atoms with van der Waals surface area (Å²) in [6.45, 7) is 7.77. The van der Waals surface area contributed by atoms with Crippen molar-refractivity contribution in [2.45, 2.75) is 52.1 Å². The quantitative estimate of drug-likeness (QED) is 0.848. The molecule has 90 valence electrons. The number of rotatable bonds is 3. The van der Waals surface area contributed by atoms with Gasteiger partial charge in [-0.1, -0.05) is 6.92 Å². The van der Waals surface area contributed by atoms with E-state index < -0.39 is 0 Å². The molecule has 1 N–H and O–H groups in total. The first-order chi connectivity index (χ1) is 7.68. The van der Waals surface area contributed by atoms with E-state index in [9.17, 15) is 0 Å². The van der Waals surface area contributed by atoms with Gasteiger partial charge < -0.3 is 5.32 Å². The second kappa shape index (κ2) is 4.95. The Balaban J connectivity index is 2.04. The smallest absolute Gasteiger partial charge is 0.138 e. The van der Waals surface area contributed by atoms with E-state index in [-0.39, 0.29) is 0 Å². The highest BCUT2D eigenvalue weighted by molar-refractivity contribution is 4.94. The molecule has 4 nitrogen and oxygen atoms in total. The molecule has 1 fully saturated rings. The zero-order valence-electron chi connectivity index (χ0n) is 10.5. The molecule has 2 rings (SSSR count). The maximum Gasteiger partial charge on any atom is 0.138 e. The highest BCUT2D eigenvalue weighted by Crippen LogP contribution is 2.19. The third kappa shape index (κ3) is 2.43. The van der Waals surface area contributed by atoms with Crippen molar-refractivity contribution in [2.75, 3.05) is 6.54 Å². The Hall–Kier alpha value is -0.900. The number of aromatic nitrogens is 3. The van der Waals surface area contributed by atoms with E-state index >= 15 is 0 Å². The molecular formula is C12H22N4. The van der Waals surface area contributed by atoms with Gasteiger partial charge in [0.2, 0.25) is 0 Å². The van der Waals surface area contributed by atoms with Crippen molar-refractivity contribution in [3.63, 3.8) is 0 Å². The summed E-state index contributed by atoms with van der Waals surface area (Å²) in [6.07, 6.45) is 5.30. The molecule has 0 bridgehead atoms. The Labute approximate surface area is 97.5 Å². The third-order valence-electron chi connectivity index (χ3n) is 3.47. The van der Waals surface area contributed by atoms with Gasteiger partial charge in [-0.15, -0.1) is 0 Å². The molecule has 0 spiro atoms. The van der Waals surface area contributed by atoms with Crippen LogP contribution in [0.1, 0.15) is 45.5 Å². The van der Waals surface area contributed by atoms with Crippen LogP contribution >= 0.6 is 0 Å². The molecule has 1 aliphatic heterocycles. The van der Waals surface area contributed by atoms with Crippen molar-refractivity contribution in [2.24, 2.45) is 5.92 Å². The minimum absolute atomic E-state index is 0.399. The molecule has 0 saturated carbocycles. The van der Waals surface area contributed by atoms with Crippen molar-refractivity contribution in [3.8, 4) is 0 Å². The zero-order valence-corrected chi connectivity index (χ0v) is 10.5. The van der Waals surface area contributed by atoms with Gasteiger partial charge >= 0.3 is 0 Å². The van der Waals surface area contributed by atoms with E-state index in [1.807, 2.05) is 4.68 Å². The molecule has 0 radical (unpaired) electrons. The van der Waals surface area contributed by atoms with Crippen LogP contribution in [-0.4, -0.2) is 27.4 Å². The van der Waals surface area contributed by atoms with Gasteiger partial charge in [-0.05, 0) is 39.2 Å². The van der Waals surface area contributed by atoms with Gasteiger partial charge in [0.05, 0.1) is 0 Å². The molecule has 1 aromatic heterocycles. The molecule has 0 aromatic carbocycles. The lowest BCUT2D eigenvalue weighted by molar-refractivity contribution is 0.290. The summed E-state index contributed by atoms with van der Waals surface area (Å²) in [6, 6.07) is 0.965. The Morgan fingerprint density at radius 3 is 3.06 bits per heavy atom. The number of hydrogen-bond donors (Lipinski definition) is 1. The molecule has 2 unspecified atom stereocenters. The molecule has 16 heavy (non-hydrogen) atoms. The number of nitrogens with zero attached hydrogens (tertiary/aromatic N) is 3. The fourth-order valence-corrected chi connectivity index (χ4v) is 2.44. The van der Waals surface area contributed by atoms with E-state index in [1.165, 1.54) is 12.8 Å². The lowest BCUT2D eigenvalue weighted by atomic mass is 9.90. The van der Waals surface area contributed by atoms with Gasteiger partial charge in [-0.2, -0.15) is 5.10 Å². The first kappa shape index (κ1) is 11.6. The molecule has 1 saturated heterocycles. The van der Waals surface area contributed by atoms with E-state index in [0.717, 1.165) is 24.7 Å². The molecule has 2 atom stereocenters. The Kier molecular flexibility index (Phi) is 3.59. The lowest BCUT2D eigenvalue weighted by Crippen LogP contribution is -2.42. The summed E-state index contributed by atoms with van der Waals surface area (Å²) in [4.78, 5) is 4.38. The minimum Gasteiger partial charge on any atom is -0.313 e. The highest BCUT2D eigenvalue weighted by Gasteiger charge is 2.23. The normalized spacial score (nSPS) is 26.2. The van der Waals surface area contributed by atoms with E-state index in [1.54, 1.807) is 6.33 Å². The molecule has 1 aromatic rings. The summed E-state index contributed by atoms with van der Waals surface area (Å²) in [5.41, 5.74) is 0. The van der Waals surface area contributed by atoms with Crippen LogP contribution in [0.15, 0.2) is 6.33 Å². The molecule has 4 heteroatoms. The Morgan fingerprint density at radius 2 is 2.38 bits per heavy atom. The van der Waals surface area contributed by atoms with Crippen LogP contribution in [0.2, 0.25) is 0 Å². The summed E-state index contributed by atoms with van der Waals surface area (Å²) < 4.78 is 2.03. The maximum absolute atomic E-state index is 4.38. The number of hydrogen-bond acceptors (Lipinski definition) is 3. The standard InChI is InChI=1S/C12H22N4/c1-9(2)16-12(14-8-15-16)7-11-10(3)5-4-6-13-11/h8-11,13H,4-7H2,1-3H3. The number of piperidine rings is 1. The van der Waals surface area contributed by atoms with Crippen LogP contribution in [0.5, 0.6) is 0 Å². The number of nitrogens with one attached hydrogen (secondary N) is 1. The van der Waals surface area contributed by atoms with Gasteiger partial charge in [0.15, 0.2) is 0 Å². The van der Waals surface area contributed by atoms with Gasteiger partial charge in [0.1, 0.15) is 12.2 Å². The summed E-state index contributed by atoms with van der Waals surface area (Å²) in [7, 11) is 0. The van der Waals surface area contributed by atoms with Crippen LogP contribution in [0.3, 0.4) is 0 Å². The predicted octanol–water partition coefficient (Wildman–Crippen LogP) is 1.79. The van der Waals surface area contributed by atoms with Crippen molar-refractivity contribution < 1.29 is 0 Å². The monoisotopic (exact) mass is 222 g/mol. The van der Waals surface area contributed by atoms with Crippen LogP contribution in [0.25, 0.3) is 0 Å². The molecular weight excluding hydrogens is 200 g/mol. The van der Waals surface area contributed by atoms with E-state index in [4.69, 9.17) is 0 Å². The lowest BCUT2D eigenvalue weighted by Gasteiger charge is -2.30. The van der Waals surface area contributed by atoms with Crippen molar-refractivity contribution in [1.29, 1.82) is 0 Å². The van der Waals surface area contributed by atoms with Gasteiger partial charge in [0.25, 0.3) is 0 Å². The SMILES string of the molecule is CC1CCCNC1Cc1ncnn1C(C)C. The van der Waals surface area contributed by atoms with E-state index in [0.29, 0.717) is 12.1 Å². The van der Waals surface area contributed by atoms with Gasteiger partial charge in [-0.3, -0.25) is 0 Å². The third-order valence-corrected chi connectivity index (χ3v) is 3.47. The maximum atomic E-state index is 4.38. The second-order valence-corrected chi connectivity index (χ2v) is 5.10. The summed E-state index contributed by atoms with van der Waals surface area (Å²) >= 11 is 0. The molecule has 2 heterocycles. The van der Waals surface area contributed by atoms with Crippen LogP contribution < -0.4 is 5.32 Å². The van der Waals surface area contributed by atoms with E-state index in [2.05, 4.69) is 36.2 Å². The largest absolute Gasteiger partial charge is 0.313 e. The van der Waals surface area contributed by atoms with Crippen molar-refractivity contribution in [1.82, 2.24) is 20.1 Å². The van der Waals surface area contributed by atoms with Crippen LogP contribution in [0, 0.1) is 5.92 Å². The van der Waals surface area contributed by atoms with Gasteiger partial charge in [0, 0.05) is 18.5 Å². The molecule has 0 amide bonds. The average Bonchev–Trinajstić information content (AvgIpc) is 2.69. The second-order valence-electron chi connectivity index (χ2n) is 5.10. The first-order valence-corrected chi connectivity index (χ1v) is 6.30. The zero-order chi connectivity index (χ0) is 11.5. The predicted molar refractivity (Wildman–Crippen MR) is 64.3 cm³/mol. The van der Waals surface area contributed by atoms with Crippen LogP contribution in [0.4, 0.5) is 0 Å². The Morgan fingerprint density at radius 1 is 1.56 bits per heavy atom. The van der Waals surface area contributed by atoms with Crippen molar-refractivity contribution in [3.05, 3.63) is 12.2 Å². The van der Waals surface area contributed by atoms with Crippen LogP contribution in [-0.2, 0) is 6.42 Å². The summed E-state index contributed by atoms with van der Waals surface area (Å²) in [5.74, 6) is 1.85. The Bertz CT molecular complexity index is 332. The summed E-state index contributed by atoms with van der Waals surface area (Å²) in [5, 5.41) is 7.88. The fourth-order valence-electron chi connectivity index (χ4n) is 2.44. The van der Waals surface area contributed by atoms with Crippen molar-refractivity contribution >= 4 is 0 Å². The average molecular weight is 222 g/mol. The molecule has 0 aliphatic carbocycles. The highest BCUT2D eigenvalue weighted by atomic mass is 15.3. The molecule has 1 aliphatic rings.